The first kappa shape index (κ1) is 23.0. The second-order valence-electron chi connectivity index (χ2n) is 8.15. The minimum Gasteiger partial charge on any atom is -0.378 e. The molecule has 0 radical (unpaired) electrons. The van der Waals surface area contributed by atoms with Crippen LogP contribution >= 0.6 is 11.8 Å². The van der Waals surface area contributed by atoms with Gasteiger partial charge in [0.05, 0.1) is 24.2 Å². The van der Waals surface area contributed by atoms with E-state index < -0.39 is 22.7 Å². The predicted octanol–water partition coefficient (Wildman–Crippen LogP) is 2.35. The van der Waals surface area contributed by atoms with Crippen LogP contribution in [-0.2, 0) is 9.53 Å². The molecule has 1 aromatic heterocycles. The first-order valence-corrected chi connectivity index (χ1v) is 10.9. The molecule has 1 aromatic carbocycles. The molecule has 3 rings (SSSR count). The zero-order chi connectivity index (χ0) is 22.6. The third-order valence-electron chi connectivity index (χ3n) is 4.35. The van der Waals surface area contributed by atoms with E-state index in [-0.39, 0.29) is 5.82 Å². The van der Waals surface area contributed by atoms with Crippen molar-refractivity contribution in [3.05, 3.63) is 30.1 Å². The molecule has 2 N–H and O–H groups in total. The summed E-state index contributed by atoms with van der Waals surface area (Å²) in [6, 6.07) is 5.54. The van der Waals surface area contributed by atoms with E-state index in [1.165, 1.54) is 12.1 Å². The highest BCUT2D eigenvalue weighted by Crippen LogP contribution is 2.30. The maximum atomic E-state index is 13.9. The summed E-state index contributed by atoms with van der Waals surface area (Å²) < 4.78 is 21.1. The number of benzene rings is 1. The molecule has 31 heavy (non-hydrogen) atoms. The lowest BCUT2D eigenvalue weighted by Crippen LogP contribution is -2.49. The zero-order valence-electron chi connectivity index (χ0n) is 18.0. The normalized spacial score (nSPS) is 15.5. The van der Waals surface area contributed by atoms with E-state index in [1.54, 1.807) is 23.6 Å². The van der Waals surface area contributed by atoms with Crippen molar-refractivity contribution in [2.75, 3.05) is 31.2 Å². The number of nitrogens with zero attached hydrogens (tertiary/aromatic N) is 4. The highest BCUT2D eigenvalue weighted by atomic mass is 32.2. The number of hydrogen-bond donors (Lipinski definition) is 2. The minimum absolute atomic E-state index is 0.389. The van der Waals surface area contributed by atoms with E-state index in [0.717, 1.165) is 11.8 Å². The van der Waals surface area contributed by atoms with Crippen LogP contribution in [0.5, 0.6) is 0 Å². The Kier molecular flexibility index (Phi) is 7.16. The number of urea groups is 1. The molecule has 0 spiro atoms. The van der Waals surface area contributed by atoms with Crippen molar-refractivity contribution in [2.45, 2.75) is 43.6 Å². The average Bonchev–Trinajstić information content (AvgIpc) is 3.10. The van der Waals surface area contributed by atoms with Crippen LogP contribution in [0.2, 0.25) is 0 Å². The van der Waals surface area contributed by atoms with E-state index in [0.29, 0.717) is 43.1 Å². The second-order valence-corrected chi connectivity index (χ2v) is 9.46. The number of anilines is 1. The number of aromatic nitrogens is 3. The SMILES string of the molecule is CC(Sc1nnc(N2CCOCC2)n1-c1cccc(F)c1)C(=O)NC(=O)NC(C)(C)C. The molecular weight excluding hydrogens is 423 g/mol. The van der Waals surface area contributed by atoms with Gasteiger partial charge >= 0.3 is 6.03 Å². The van der Waals surface area contributed by atoms with Crippen molar-refractivity contribution in [3.63, 3.8) is 0 Å². The van der Waals surface area contributed by atoms with Crippen LogP contribution in [0.4, 0.5) is 15.1 Å². The fourth-order valence-electron chi connectivity index (χ4n) is 2.94. The number of imide groups is 1. The first-order valence-electron chi connectivity index (χ1n) is 9.98. The fraction of sp³-hybridized carbons (Fsp3) is 0.500. The second kappa shape index (κ2) is 9.65. The summed E-state index contributed by atoms with van der Waals surface area (Å²) in [6.07, 6.45) is 0. The molecule has 3 amide bonds. The van der Waals surface area contributed by atoms with E-state index >= 15 is 0 Å². The van der Waals surface area contributed by atoms with Crippen molar-refractivity contribution >= 4 is 29.6 Å². The van der Waals surface area contributed by atoms with Gasteiger partial charge in [0, 0.05) is 18.6 Å². The maximum Gasteiger partial charge on any atom is 0.321 e. The molecule has 168 valence electrons. The molecule has 2 aromatic rings. The number of ether oxygens (including phenoxy) is 1. The molecular formula is C20H27FN6O3S. The number of morpholine rings is 1. The van der Waals surface area contributed by atoms with Crippen LogP contribution in [0, 0.1) is 5.82 Å². The van der Waals surface area contributed by atoms with Crippen molar-refractivity contribution in [3.8, 4) is 5.69 Å². The summed E-state index contributed by atoms with van der Waals surface area (Å²) in [6.45, 7) is 9.50. The first-order chi connectivity index (χ1) is 14.6. The summed E-state index contributed by atoms with van der Waals surface area (Å²) >= 11 is 1.14. The van der Waals surface area contributed by atoms with Gasteiger partial charge in [-0.1, -0.05) is 17.8 Å². The highest BCUT2D eigenvalue weighted by molar-refractivity contribution is 8.00. The molecule has 2 heterocycles. The lowest BCUT2D eigenvalue weighted by atomic mass is 10.1. The molecule has 0 saturated carbocycles. The largest absolute Gasteiger partial charge is 0.378 e. The van der Waals surface area contributed by atoms with E-state index in [9.17, 15) is 14.0 Å². The Labute approximate surface area is 184 Å². The van der Waals surface area contributed by atoms with Crippen LogP contribution in [0.1, 0.15) is 27.7 Å². The van der Waals surface area contributed by atoms with Gasteiger partial charge in [-0.2, -0.15) is 0 Å². The van der Waals surface area contributed by atoms with Gasteiger partial charge in [0.2, 0.25) is 11.9 Å². The monoisotopic (exact) mass is 450 g/mol. The summed E-state index contributed by atoms with van der Waals surface area (Å²) in [5.74, 6) is -0.303. The van der Waals surface area contributed by atoms with Crippen LogP contribution < -0.4 is 15.5 Å². The number of thioether (sulfide) groups is 1. The van der Waals surface area contributed by atoms with E-state index in [4.69, 9.17) is 4.74 Å². The van der Waals surface area contributed by atoms with Crippen LogP contribution in [-0.4, -0.2) is 63.8 Å². The number of hydrogen-bond acceptors (Lipinski definition) is 7. The molecule has 1 unspecified atom stereocenters. The highest BCUT2D eigenvalue weighted by Gasteiger charge is 2.26. The van der Waals surface area contributed by atoms with Gasteiger partial charge in [-0.05, 0) is 45.9 Å². The topological polar surface area (TPSA) is 101 Å². The Morgan fingerprint density at radius 2 is 1.94 bits per heavy atom. The third-order valence-corrected chi connectivity index (χ3v) is 5.40. The van der Waals surface area contributed by atoms with Crippen molar-refractivity contribution in [2.24, 2.45) is 0 Å². The Bertz CT molecular complexity index is 939. The molecule has 1 aliphatic heterocycles. The lowest BCUT2D eigenvalue weighted by Gasteiger charge is -2.28. The van der Waals surface area contributed by atoms with Crippen molar-refractivity contribution in [1.82, 2.24) is 25.4 Å². The molecule has 1 saturated heterocycles. The lowest BCUT2D eigenvalue weighted by molar-refractivity contribution is -0.119. The summed E-state index contributed by atoms with van der Waals surface area (Å²) in [4.78, 5) is 26.5. The number of carbonyl (C=O) groups is 2. The van der Waals surface area contributed by atoms with Crippen molar-refractivity contribution in [1.29, 1.82) is 0 Å². The zero-order valence-corrected chi connectivity index (χ0v) is 18.8. The Morgan fingerprint density at radius 1 is 1.23 bits per heavy atom. The molecule has 0 aliphatic carbocycles. The van der Waals surface area contributed by atoms with Gasteiger partial charge in [-0.15, -0.1) is 10.2 Å². The summed E-state index contributed by atoms with van der Waals surface area (Å²) in [5, 5.41) is 13.4. The van der Waals surface area contributed by atoms with E-state index in [1.807, 2.05) is 25.7 Å². The average molecular weight is 451 g/mol. The van der Waals surface area contributed by atoms with Gasteiger partial charge in [0.25, 0.3) is 0 Å². The molecule has 11 heteroatoms. The summed E-state index contributed by atoms with van der Waals surface area (Å²) in [7, 11) is 0. The number of nitrogens with one attached hydrogen (secondary N) is 2. The smallest absolute Gasteiger partial charge is 0.321 e. The molecule has 9 nitrogen and oxygen atoms in total. The third kappa shape index (κ3) is 6.17. The van der Waals surface area contributed by atoms with E-state index in [2.05, 4.69) is 20.8 Å². The minimum atomic E-state index is -0.639. The Balaban J connectivity index is 1.82. The Hall–Kier alpha value is -2.66. The van der Waals surface area contributed by atoms with Gasteiger partial charge < -0.3 is 15.0 Å². The predicted molar refractivity (Wildman–Crippen MR) is 116 cm³/mol. The van der Waals surface area contributed by atoms with Crippen molar-refractivity contribution < 1.29 is 18.7 Å². The van der Waals surface area contributed by atoms with Gasteiger partial charge in [0.15, 0.2) is 5.16 Å². The van der Waals surface area contributed by atoms with Crippen LogP contribution in [0.3, 0.4) is 0 Å². The van der Waals surface area contributed by atoms with Gasteiger partial charge in [-0.3, -0.25) is 14.7 Å². The Morgan fingerprint density at radius 3 is 2.58 bits per heavy atom. The number of rotatable bonds is 5. The number of amides is 3. The maximum absolute atomic E-state index is 13.9. The number of halogens is 1. The van der Waals surface area contributed by atoms with Gasteiger partial charge in [0.1, 0.15) is 5.82 Å². The molecule has 1 atom stereocenters. The standard InChI is InChI=1S/C20H27FN6O3S/c1-13(16(28)22-17(29)23-20(2,3)4)31-19-25-24-18(26-8-10-30-11-9-26)27(19)15-7-5-6-14(21)12-15/h5-7,12-13H,8-11H2,1-4H3,(H2,22,23,28,29). The number of carbonyl (C=O) groups excluding carboxylic acids is 2. The quantitative estimate of drug-likeness (QED) is 0.675. The molecule has 1 aliphatic rings. The van der Waals surface area contributed by atoms with Gasteiger partial charge in [-0.25, -0.2) is 9.18 Å². The van der Waals surface area contributed by atoms with Crippen LogP contribution in [0.15, 0.2) is 29.4 Å². The van der Waals surface area contributed by atoms with Crippen LogP contribution in [0.25, 0.3) is 5.69 Å². The molecule has 0 bridgehead atoms. The molecule has 1 fully saturated rings. The summed E-state index contributed by atoms with van der Waals surface area (Å²) in [5.41, 5.74) is 0.0813. The fourth-order valence-corrected chi connectivity index (χ4v) is 3.81.